The molecule has 7 nitrogen and oxygen atoms in total. The molecule has 0 aliphatic carbocycles. The van der Waals surface area contributed by atoms with E-state index in [9.17, 15) is 22.8 Å². The molecule has 1 aromatic rings. The van der Waals surface area contributed by atoms with Crippen molar-refractivity contribution in [3.8, 4) is 5.88 Å². The molecule has 1 rings (SSSR count). The molecule has 0 spiro atoms. The highest BCUT2D eigenvalue weighted by atomic mass is 19.4. The Morgan fingerprint density at radius 3 is 2.46 bits per heavy atom. The number of esters is 1. The lowest BCUT2D eigenvalue weighted by atomic mass is 10.1. The number of aliphatic carboxylic acids is 1. The average Bonchev–Trinajstić information content (AvgIpc) is 2.53. The number of rotatable bonds is 8. The number of carboxylic acids is 1. The summed E-state index contributed by atoms with van der Waals surface area (Å²) >= 11 is 0. The summed E-state index contributed by atoms with van der Waals surface area (Å²) in [7, 11) is 0. The highest BCUT2D eigenvalue weighted by Crippen LogP contribution is 2.37. The van der Waals surface area contributed by atoms with Gasteiger partial charge in [-0.2, -0.15) is 13.2 Å². The second-order valence-electron chi connectivity index (χ2n) is 6.98. The van der Waals surface area contributed by atoms with Crippen molar-refractivity contribution in [1.82, 2.24) is 10.3 Å². The van der Waals surface area contributed by atoms with Gasteiger partial charge in [0.25, 0.3) is 0 Å². The summed E-state index contributed by atoms with van der Waals surface area (Å²) in [6.45, 7) is 6.49. The third-order valence-corrected chi connectivity index (χ3v) is 3.32. The summed E-state index contributed by atoms with van der Waals surface area (Å²) in [4.78, 5) is 25.8. The maximum Gasteiger partial charge on any atom is 0.421 e. The monoisotopic (exact) mass is 404 g/mol. The van der Waals surface area contributed by atoms with Crippen LogP contribution >= 0.6 is 0 Å². The minimum Gasteiger partial charge on any atom is -0.478 e. The number of halogens is 3. The van der Waals surface area contributed by atoms with Crippen LogP contribution in [0.25, 0.3) is 0 Å². The smallest absolute Gasteiger partial charge is 0.421 e. The Balaban J connectivity index is 2.94. The number of hydrogen-bond donors (Lipinski definition) is 2. The number of carbonyl (C=O) groups is 2. The van der Waals surface area contributed by atoms with Crippen molar-refractivity contribution >= 4 is 11.9 Å². The lowest BCUT2D eigenvalue weighted by Gasteiger charge is -2.25. The van der Waals surface area contributed by atoms with E-state index in [-0.39, 0.29) is 17.6 Å². The predicted molar refractivity (Wildman–Crippen MR) is 93.9 cm³/mol. The van der Waals surface area contributed by atoms with Crippen LogP contribution in [0.5, 0.6) is 5.88 Å². The molecule has 0 saturated carbocycles. The second kappa shape index (κ2) is 9.54. The molecule has 1 aromatic heterocycles. The van der Waals surface area contributed by atoms with Crippen molar-refractivity contribution < 1.29 is 37.3 Å². The van der Waals surface area contributed by atoms with Crippen LogP contribution in [0, 0.1) is 6.92 Å². The molecule has 0 unspecified atom stereocenters. The van der Waals surface area contributed by atoms with Crippen LogP contribution in [0.2, 0.25) is 0 Å². The third-order valence-electron chi connectivity index (χ3n) is 3.32. The highest BCUT2D eigenvalue weighted by Gasteiger charge is 2.37. The van der Waals surface area contributed by atoms with Gasteiger partial charge in [-0.3, -0.25) is 0 Å². The summed E-state index contributed by atoms with van der Waals surface area (Å²) < 4.78 is 50.0. The minimum absolute atomic E-state index is 0.0525. The molecule has 0 radical (unpaired) electrons. The Labute approximate surface area is 160 Å². The van der Waals surface area contributed by atoms with E-state index in [2.05, 4.69) is 10.3 Å². The normalized spacial score (nSPS) is 13.4. The molecular formula is C18H23F3N2O5. The van der Waals surface area contributed by atoms with Crippen LogP contribution in [0.3, 0.4) is 0 Å². The van der Waals surface area contributed by atoms with Crippen molar-refractivity contribution in [1.29, 1.82) is 0 Å². The Kier molecular flexibility index (Phi) is 7.98. The molecule has 0 saturated heterocycles. The van der Waals surface area contributed by atoms with E-state index in [1.54, 1.807) is 0 Å². The van der Waals surface area contributed by atoms with Gasteiger partial charge >= 0.3 is 18.1 Å². The van der Waals surface area contributed by atoms with Gasteiger partial charge in [0.05, 0.1) is 0 Å². The molecule has 1 atom stereocenters. The standard InChI is InChI=1S/C18H23F3N2O5/c1-11-7-8-22-16(15(11)18(19,20)21)27-10-12(9-23-17(2,3)4)28-14(26)6-5-13(24)25/h5-8,12,23H,9-10H2,1-4H3,(H,24,25)/b6-5-/t12-/m0/s1. The zero-order valence-electron chi connectivity index (χ0n) is 16.0. The number of pyridine rings is 1. The Hall–Kier alpha value is -2.62. The number of nitrogens with zero attached hydrogens (tertiary/aromatic N) is 1. The predicted octanol–water partition coefficient (Wildman–Crippen LogP) is 2.73. The maximum absolute atomic E-state index is 13.2. The van der Waals surface area contributed by atoms with Gasteiger partial charge in [0.15, 0.2) is 0 Å². The first-order chi connectivity index (χ1) is 12.8. The van der Waals surface area contributed by atoms with E-state index in [1.807, 2.05) is 20.8 Å². The Bertz CT molecular complexity index is 727. The van der Waals surface area contributed by atoms with E-state index >= 15 is 0 Å². The first kappa shape index (κ1) is 23.4. The molecular weight excluding hydrogens is 381 g/mol. The summed E-state index contributed by atoms with van der Waals surface area (Å²) in [5.41, 5.74) is -1.42. The largest absolute Gasteiger partial charge is 0.478 e. The van der Waals surface area contributed by atoms with Crippen molar-refractivity contribution in [2.24, 2.45) is 0 Å². The first-order valence-corrected chi connectivity index (χ1v) is 8.32. The van der Waals surface area contributed by atoms with E-state index in [1.165, 1.54) is 19.2 Å². The SMILES string of the molecule is Cc1ccnc(OC[C@H](CNC(C)(C)C)OC(=O)/C=C\C(=O)O)c1C(F)(F)F. The van der Waals surface area contributed by atoms with Gasteiger partial charge in [-0.25, -0.2) is 14.6 Å². The topological polar surface area (TPSA) is 97.8 Å². The zero-order valence-corrected chi connectivity index (χ0v) is 16.0. The molecule has 0 aliphatic heterocycles. The Morgan fingerprint density at radius 1 is 1.29 bits per heavy atom. The third kappa shape index (κ3) is 8.38. The maximum atomic E-state index is 13.2. The van der Waals surface area contributed by atoms with Gasteiger partial charge < -0.3 is 19.9 Å². The fourth-order valence-corrected chi connectivity index (χ4v) is 2.06. The van der Waals surface area contributed by atoms with E-state index in [0.717, 1.165) is 0 Å². The van der Waals surface area contributed by atoms with Crippen molar-refractivity contribution in [2.75, 3.05) is 13.2 Å². The zero-order chi connectivity index (χ0) is 21.5. The quantitative estimate of drug-likeness (QED) is 0.508. The van der Waals surface area contributed by atoms with Gasteiger partial charge in [0.1, 0.15) is 18.3 Å². The number of hydrogen-bond acceptors (Lipinski definition) is 6. The van der Waals surface area contributed by atoms with Gasteiger partial charge in [0, 0.05) is 30.4 Å². The van der Waals surface area contributed by atoms with Gasteiger partial charge in [-0.15, -0.1) is 0 Å². The number of carbonyl (C=O) groups excluding carboxylic acids is 1. The fourth-order valence-electron chi connectivity index (χ4n) is 2.06. The molecule has 2 N–H and O–H groups in total. The second-order valence-corrected chi connectivity index (χ2v) is 6.98. The summed E-state index contributed by atoms with van der Waals surface area (Å²) in [5.74, 6) is -2.92. The van der Waals surface area contributed by atoms with E-state index in [4.69, 9.17) is 14.6 Å². The lowest BCUT2D eigenvalue weighted by molar-refractivity contribution is -0.146. The summed E-state index contributed by atoms with van der Waals surface area (Å²) in [5, 5.41) is 11.6. The molecule has 0 aromatic carbocycles. The van der Waals surface area contributed by atoms with Crippen LogP contribution in [0.4, 0.5) is 13.2 Å². The molecule has 10 heteroatoms. The summed E-state index contributed by atoms with van der Waals surface area (Å²) in [6.07, 6.45) is -3.15. The Morgan fingerprint density at radius 2 is 1.93 bits per heavy atom. The van der Waals surface area contributed by atoms with Gasteiger partial charge in [-0.05, 0) is 39.3 Å². The van der Waals surface area contributed by atoms with Crippen LogP contribution in [0.15, 0.2) is 24.4 Å². The minimum atomic E-state index is -4.66. The number of aryl methyl sites for hydroxylation is 1. The number of ether oxygens (including phenoxy) is 2. The van der Waals surface area contributed by atoms with E-state index < -0.39 is 42.3 Å². The molecule has 0 aliphatic rings. The fraction of sp³-hybridized carbons (Fsp3) is 0.500. The number of carboxylic acid groups (broad SMARTS) is 1. The van der Waals surface area contributed by atoms with Gasteiger partial charge in [0.2, 0.25) is 5.88 Å². The molecule has 1 heterocycles. The van der Waals surface area contributed by atoms with Crippen LogP contribution in [-0.2, 0) is 20.5 Å². The number of aromatic nitrogens is 1. The molecule has 28 heavy (non-hydrogen) atoms. The summed E-state index contributed by atoms with van der Waals surface area (Å²) in [6, 6.07) is 1.21. The molecule has 0 amide bonds. The van der Waals surface area contributed by atoms with Crippen molar-refractivity contribution in [3.63, 3.8) is 0 Å². The van der Waals surface area contributed by atoms with Crippen LogP contribution in [-0.4, -0.2) is 46.8 Å². The number of alkyl halides is 3. The highest BCUT2D eigenvalue weighted by molar-refractivity contribution is 5.90. The average molecular weight is 404 g/mol. The lowest BCUT2D eigenvalue weighted by Crippen LogP contribution is -2.44. The first-order valence-electron chi connectivity index (χ1n) is 8.32. The molecule has 156 valence electrons. The van der Waals surface area contributed by atoms with Crippen molar-refractivity contribution in [3.05, 3.63) is 35.5 Å². The van der Waals surface area contributed by atoms with Crippen LogP contribution < -0.4 is 10.1 Å². The number of nitrogens with one attached hydrogen (secondary N) is 1. The van der Waals surface area contributed by atoms with Crippen molar-refractivity contribution in [2.45, 2.75) is 45.5 Å². The van der Waals surface area contributed by atoms with Gasteiger partial charge in [-0.1, -0.05) is 0 Å². The van der Waals surface area contributed by atoms with Crippen LogP contribution in [0.1, 0.15) is 31.9 Å². The molecule has 0 fully saturated rings. The van der Waals surface area contributed by atoms with E-state index in [0.29, 0.717) is 12.2 Å². The molecule has 0 bridgehead atoms.